The van der Waals surface area contributed by atoms with E-state index in [9.17, 15) is 19.5 Å². The van der Waals surface area contributed by atoms with E-state index in [1.807, 2.05) is 0 Å². The Hall–Kier alpha value is -2.65. The van der Waals surface area contributed by atoms with Crippen LogP contribution in [0.1, 0.15) is 82.6 Å². The SMILES string of the molecule is CN1CCCCCCCCC[C@H](CC(=O)NOC2CCCCO2)C(=O)N[C@@H](Cc2ccc(O)cc2)C1=O. The van der Waals surface area contributed by atoms with Crippen molar-refractivity contribution in [1.82, 2.24) is 15.7 Å². The van der Waals surface area contributed by atoms with Gasteiger partial charge in [0.2, 0.25) is 17.7 Å². The average molecular weight is 518 g/mol. The standard InChI is InChI=1S/C28H43N3O6/c1-31-17-9-6-4-2-3-5-7-11-22(20-25(33)30-37-26-12-8-10-18-36-26)27(34)29-24(28(31)35)19-21-13-15-23(32)16-14-21/h13-16,22,24,26,32H,2-12,17-20H2,1H3,(H,29,34)(H,30,33)/t22-,24+,26?/m1/s1. The van der Waals surface area contributed by atoms with E-state index in [4.69, 9.17) is 9.57 Å². The van der Waals surface area contributed by atoms with Gasteiger partial charge in [-0.2, -0.15) is 0 Å². The van der Waals surface area contributed by atoms with Gasteiger partial charge in [-0.05, 0) is 43.4 Å². The summed E-state index contributed by atoms with van der Waals surface area (Å²) in [5, 5.41) is 12.6. The first kappa shape index (κ1) is 28.9. The smallest absolute Gasteiger partial charge is 0.245 e. The first-order valence-corrected chi connectivity index (χ1v) is 13.8. The van der Waals surface area contributed by atoms with Gasteiger partial charge in [-0.15, -0.1) is 0 Å². The predicted octanol–water partition coefficient (Wildman–Crippen LogP) is 3.59. The van der Waals surface area contributed by atoms with Crippen LogP contribution in [0.2, 0.25) is 0 Å². The Bertz CT molecular complexity index is 856. The molecule has 0 spiro atoms. The fourth-order valence-electron chi connectivity index (χ4n) is 4.88. The van der Waals surface area contributed by atoms with Crippen LogP contribution in [0.3, 0.4) is 0 Å². The number of likely N-dealkylation sites (N-methyl/N-ethyl adjacent to an activating group) is 1. The van der Waals surface area contributed by atoms with Gasteiger partial charge in [0.15, 0.2) is 6.29 Å². The number of phenols is 1. The second-order valence-electron chi connectivity index (χ2n) is 10.3. The zero-order valence-corrected chi connectivity index (χ0v) is 22.1. The van der Waals surface area contributed by atoms with Crippen LogP contribution in [-0.2, 0) is 30.4 Å². The topological polar surface area (TPSA) is 117 Å². The highest BCUT2D eigenvalue weighted by Gasteiger charge is 2.29. The number of nitrogens with zero attached hydrogens (tertiary/aromatic N) is 1. The summed E-state index contributed by atoms with van der Waals surface area (Å²) in [7, 11) is 1.77. The highest BCUT2D eigenvalue weighted by molar-refractivity contribution is 5.90. The first-order chi connectivity index (χ1) is 17.9. The fraction of sp³-hybridized carbons (Fsp3) is 0.679. The minimum absolute atomic E-state index is 0.0193. The number of aromatic hydroxyl groups is 1. The zero-order chi connectivity index (χ0) is 26.5. The number of hydrogen-bond donors (Lipinski definition) is 3. The molecule has 3 amide bonds. The quantitative estimate of drug-likeness (QED) is 0.497. The average Bonchev–Trinajstić information content (AvgIpc) is 2.90. The first-order valence-electron chi connectivity index (χ1n) is 13.8. The number of hydrogen-bond acceptors (Lipinski definition) is 6. The molecule has 37 heavy (non-hydrogen) atoms. The summed E-state index contributed by atoms with van der Waals surface area (Å²) in [4.78, 5) is 46.6. The summed E-state index contributed by atoms with van der Waals surface area (Å²) in [5.41, 5.74) is 3.29. The van der Waals surface area contributed by atoms with E-state index in [0.717, 1.165) is 69.8 Å². The molecule has 0 saturated carbocycles. The Balaban J connectivity index is 1.69. The van der Waals surface area contributed by atoms with Crippen molar-refractivity contribution >= 4 is 17.7 Å². The second kappa shape index (κ2) is 15.6. The predicted molar refractivity (Wildman–Crippen MR) is 139 cm³/mol. The molecule has 2 saturated heterocycles. The van der Waals surface area contributed by atoms with Crippen LogP contribution in [0.25, 0.3) is 0 Å². The number of benzene rings is 1. The summed E-state index contributed by atoms with van der Waals surface area (Å²) in [5.74, 6) is -1.25. The van der Waals surface area contributed by atoms with Gasteiger partial charge < -0.3 is 20.1 Å². The summed E-state index contributed by atoms with van der Waals surface area (Å²) in [6.45, 7) is 1.24. The van der Waals surface area contributed by atoms with Gasteiger partial charge in [-0.1, -0.05) is 50.7 Å². The largest absolute Gasteiger partial charge is 0.508 e. The van der Waals surface area contributed by atoms with Crippen LogP contribution in [0.5, 0.6) is 5.75 Å². The van der Waals surface area contributed by atoms with Crippen LogP contribution in [-0.4, -0.2) is 60.3 Å². The molecule has 0 radical (unpaired) electrons. The molecule has 3 N–H and O–H groups in total. The van der Waals surface area contributed by atoms with Gasteiger partial charge in [-0.3, -0.25) is 14.4 Å². The molecule has 2 heterocycles. The third kappa shape index (κ3) is 10.3. The summed E-state index contributed by atoms with van der Waals surface area (Å²) < 4.78 is 5.49. The maximum Gasteiger partial charge on any atom is 0.245 e. The molecule has 3 atom stereocenters. The van der Waals surface area contributed by atoms with E-state index in [2.05, 4.69) is 10.8 Å². The van der Waals surface area contributed by atoms with Crippen molar-refractivity contribution < 1.29 is 29.1 Å². The Morgan fingerprint density at radius 3 is 2.41 bits per heavy atom. The zero-order valence-electron chi connectivity index (χ0n) is 22.1. The number of phenolic OH excluding ortho intramolecular Hbond substituents is 1. The molecular weight excluding hydrogens is 474 g/mol. The lowest BCUT2D eigenvalue weighted by atomic mass is 9.95. The van der Waals surface area contributed by atoms with Gasteiger partial charge in [0.1, 0.15) is 11.8 Å². The Kier molecular flexibility index (Phi) is 12.2. The number of ether oxygens (including phenoxy) is 1. The van der Waals surface area contributed by atoms with Crippen LogP contribution in [0, 0.1) is 5.92 Å². The molecule has 2 aliphatic rings. The van der Waals surface area contributed by atoms with Crippen LogP contribution in [0.15, 0.2) is 24.3 Å². The van der Waals surface area contributed by atoms with Crippen molar-refractivity contribution in [2.24, 2.45) is 5.92 Å². The lowest BCUT2D eigenvalue weighted by Gasteiger charge is -2.27. The van der Waals surface area contributed by atoms with Crippen molar-refractivity contribution in [2.45, 2.75) is 95.8 Å². The molecule has 3 rings (SSSR count). The van der Waals surface area contributed by atoms with Gasteiger partial charge in [0.25, 0.3) is 0 Å². The number of carbonyl (C=O) groups is 3. The molecule has 9 heteroatoms. The number of carbonyl (C=O) groups excluding carboxylic acids is 3. The van der Waals surface area contributed by atoms with Gasteiger partial charge in [0, 0.05) is 45.4 Å². The lowest BCUT2D eigenvalue weighted by molar-refractivity contribution is -0.200. The molecule has 1 unspecified atom stereocenters. The van der Waals surface area contributed by atoms with Crippen molar-refractivity contribution in [3.8, 4) is 5.75 Å². The van der Waals surface area contributed by atoms with E-state index in [1.165, 1.54) is 0 Å². The molecule has 1 aromatic rings. The Morgan fingerprint density at radius 2 is 1.70 bits per heavy atom. The van der Waals surface area contributed by atoms with Crippen molar-refractivity contribution in [1.29, 1.82) is 0 Å². The van der Waals surface area contributed by atoms with Crippen molar-refractivity contribution in [2.75, 3.05) is 20.2 Å². The molecule has 0 bridgehead atoms. The molecule has 206 valence electrons. The molecule has 0 aliphatic carbocycles. The monoisotopic (exact) mass is 517 g/mol. The maximum absolute atomic E-state index is 13.4. The summed E-state index contributed by atoms with van der Waals surface area (Å²) in [6, 6.07) is 5.88. The number of nitrogens with one attached hydrogen (secondary N) is 2. The van der Waals surface area contributed by atoms with Crippen molar-refractivity contribution in [3.05, 3.63) is 29.8 Å². The second-order valence-corrected chi connectivity index (χ2v) is 10.3. The van der Waals surface area contributed by atoms with Gasteiger partial charge in [-0.25, -0.2) is 10.3 Å². The fourth-order valence-corrected chi connectivity index (χ4v) is 4.88. The van der Waals surface area contributed by atoms with E-state index in [-0.39, 0.29) is 29.9 Å². The number of amides is 3. The Labute approximate surface area is 220 Å². The molecule has 1 aromatic carbocycles. The highest BCUT2D eigenvalue weighted by atomic mass is 16.8. The van der Waals surface area contributed by atoms with E-state index in [1.54, 1.807) is 36.2 Å². The summed E-state index contributed by atoms with van der Waals surface area (Å²) >= 11 is 0. The minimum atomic E-state index is -0.760. The van der Waals surface area contributed by atoms with Crippen molar-refractivity contribution in [3.63, 3.8) is 0 Å². The number of rotatable bonds is 6. The summed E-state index contributed by atoms with van der Waals surface area (Å²) in [6.07, 6.45) is 10.3. The maximum atomic E-state index is 13.4. The third-order valence-electron chi connectivity index (χ3n) is 7.16. The molecule has 9 nitrogen and oxygen atoms in total. The Morgan fingerprint density at radius 1 is 1.03 bits per heavy atom. The van der Waals surface area contributed by atoms with Crippen LogP contribution < -0.4 is 10.8 Å². The number of hydroxylamine groups is 1. The van der Waals surface area contributed by atoms with Crippen LogP contribution in [0.4, 0.5) is 0 Å². The van der Waals surface area contributed by atoms with E-state index < -0.39 is 18.2 Å². The van der Waals surface area contributed by atoms with Crippen LogP contribution >= 0.6 is 0 Å². The minimum Gasteiger partial charge on any atom is -0.508 e. The van der Waals surface area contributed by atoms with Gasteiger partial charge >= 0.3 is 0 Å². The highest BCUT2D eigenvalue weighted by Crippen LogP contribution is 2.19. The normalized spacial score (nSPS) is 25.0. The van der Waals surface area contributed by atoms with Gasteiger partial charge in [0.05, 0.1) is 0 Å². The molecular formula is C28H43N3O6. The third-order valence-corrected chi connectivity index (χ3v) is 7.16. The molecule has 2 fully saturated rings. The lowest BCUT2D eigenvalue weighted by Crippen LogP contribution is -2.50. The molecule has 2 aliphatic heterocycles. The van der Waals surface area contributed by atoms with E-state index >= 15 is 0 Å². The molecule has 0 aromatic heterocycles. The van der Waals surface area contributed by atoms with E-state index in [0.29, 0.717) is 26.0 Å².